The van der Waals surface area contributed by atoms with E-state index < -0.39 is 6.10 Å². The number of aliphatic hydroxyl groups excluding tert-OH is 1. The molecule has 1 atom stereocenters. The molecule has 1 unspecified atom stereocenters. The van der Waals surface area contributed by atoms with Crippen molar-refractivity contribution in [2.24, 2.45) is 7.05 Å². The van der Waals surface area contributed by atoms with Gasteiger partial charge in [0.1, 0.15) is 0 Å². The highest BCUT2D eigenvalue weighted by Crippen LogP contribution is 2.27. The highest BCUT2D eigenvalue weighted by atomic mass is 35.5. The molecule has 0 fully saturated rings. The fraction of sp³-hybridized carbons (Fsp3) is 0.308. The van der Waals surface area contributed by atoms with Crippen LogP contribution in [0.2, 0.25) is 10.0 Å². The first-order valence-corrected chi connectivity index (χ1v) is 6.35. The summed E-state index contributed by atoms with van der Waals surface area (Å²) in [4.78, 5) is 0. The van der Waals surface area contributed by atoms with Crippen molar-refractivity contribution >= 4 is 23.2 Å². The maximum absolute atomic E-state index is 10.2. The van der Waals surface area contributed by atoms with Crippen LogP contribution in [0.4, 0.5) is 0 Å². The summed E-state index contributed by atoms with van der Waals surface area (Å²) in [6.07, 6.45) is 1.61. The first-order chi connectivity index (χ1) is 8.47. The summed E-state index contributed by atoms with van der Waals surface area (Å²) in [5, 5.41) is 15.7. The van der Waals surface area contributed by atoms with Crippen molar-refractivity contribution in [3.05, 3.63) is 51.3 Å². The van der Waals surface area contributed by atoms with Crippen LogP contribution in [-0.2, 0) is 13.5 Å². The third-order valence-electron chi connectivity index (χ3n) is 2.83. The molecule has 0 spiro atoms. The van der Waals surface area contributed by atoms with E-state index in [0.29, 0.717) is 16.5 Å². The number of hydrogen-bond acceptors (Lipinski definition) is 2. The Bertz CT molecular complexity index is 566. The maximum atomic E-state index is 10.2. The Morgan fingerprint density at radius 1 is 1.39 bits per heavy atom. The lowest BCUT2D eigenvalue weighted by Crippen LogP contribution is -2.03. The van der Waals surface area contributed by atoms with Crippen molar-refractivity contribution in [1.29, 1.82) is 0 Å². The van der Waals surface area contributed by atoms with E-state index in [4.69, 9.17) is 23.2 Å². The summed E-state index contributed by atoms with van der Waals surface area (Å²) < 4.78 is 1.69. The van der Waals surface area contributed by atoms with Gasteiger partial charge in [0, 0.05) is 35.3 Å². The molecule has 0 aliphatic rings. The van der Waals surface area contributed by atoms with Gasteiger partial charge in [0.2, 0.25) is 0 Å². The van der Waals surface area contributed by atoms with Gasteiger partial charge in [-0.25, -0.2) is 0 Å². The molecule has 0 amide bonds. The zero-order chi connectivity index (χ0) is 13.3. The molecule has 2 rings (SSSR count). The summed E-state index contributed by atoms with van der Waals surface area (Å²) in [7, 11) is 1.83. The molecule has 0 saturated heterocycles. The summed E-state index contributed by atoms with van der Waals surface area (Å²) >= 11 is 12.0. The van der Waals surface area contributed by atoms with E-state index in [9.17, 15) is 5.11 Å². The molecule has 0 aliphatic carbocycles. The second-order valence-corrected chi connectivity index (χ2v) is 5.14. The van der Waals surface area contributed by atoms with Gasteiger partial charge in [-0.3, -0.25) is 4.68 Å². The molecule has 5 heteroatoms. The van der Waals surface area contributed by atoms with E-state index in [1.165, 1.54) is 0 Å². The van der Waals surface area contributed by atoms with E-state index in [1.807, 2.05) is 20.2 Å². The zero-order valence-corrected chi connectivity index (χ0v) is 11.7. The molecule has 0 radical (unpaired) electrons. The number of hydrogen-bond donors (Lipinski definition) is 1. The quantitative estimate of drug-likeness (QED) is 0.939. The van der Waals surface area contributed by atoms with Gasteiger partial charge in [-0.2, -0.15) is 5.10 Å². The van der Waals surface area contributed by atoms with Crippen molar-refractivity contribution in [2.45, 2.75) is 19.4 Å². The number of benzene rings is 1. The maximum Gasteiger partial charge on any atom is 0.0864 e. The van der Waals surface area contributed by atoms with Crippen LogP contribution in [0.25, 0.3) is 0 Å². The van der Waals surface area contributed by atoms with Crippen LogP contribution in [0.3, 0.4) is 0 Å². The van der Waals surface area contributed by atoms with E-state index in [0.717, 1.165) is 16.8 Å². The van der Waals surface area contributed by atoms with Gasteiger partial charge in [-0.15, -0.1) is 0 Å². The van der Waals surface area contributed by atoms with Gasteiger partial charge < -0.3 is 5.11 Å². The first-order valence-electron chi connectivity index (χ1n) is 5.59. The number of nitrogens with zero attached hydrogens (tertiary/aromatic N) is 2. The van der Waals surface area contributed by atoms with E-state index in [-0.39, 0.29) is 0 Å². The van der Waals surface area contributed by atoms with Crippen LogP contribution in [-0.4, -0.2) is 14.9 Å². The summed E-state index contributed by atoms with van der Waals surface area (Å²) in [5.41, 5.74) is 2.47. The molecule has 96 valence electrons. The van der Waals surface area contributed by atoms with Crippen molar-refractivity contribution in [2.75, 3.05) is 0 Å². The molecule has 1 heterocycles. The zero-order valence-electron chi connectivity index (χ0n) is 10.2. The van der Waals surface area contributed by atoms with Crippen LogP contribution < -0.4 is 0 Å². The average Bonchev–Trinajstić information content (AvgIpc) is 2.63. The second kappa shape index (κ2) is 5.31. The topological polar surface area (TPSA) is 38.0 Å². The highest BCUT2D eigenvalue weighted by Gasteiger charge is 2.15. The van der Waals surface area contributed by atoms with Crippen molar-refractivity contribution in [1.82, 2.24) is 9.78 Å². The summed E-state index contributed by atoms with van der Waals surface area (Å²) in [6.45, 7) is 1.87. The van der Waals surface area contributed by atoms with Gasteiger partial charge in [0.05, 0.1) is 11.8 Å². The lowest BCUT2D eigenvalue weighted by molar-refractivity contribution is 0.177. The van der Waals surface area contributed by atoms with Gasteiger partial charge in [0.15, 0.2) is 0 Å². The Hall–Kier alpha value is -1.03. The van der Waals surface area contributed by atoms with Gasteiger partial charge in [-0.05, 0) is 30.7 Å². The minimum atomic E-state index is -0.630. The molecule has 1 aromatic carbocycles. The van der Waals surface area contributed by atoms with Crippen molar-refractivity contribution in [3.63, 3.8) is 0 Å². The smallest absolute Gasteiger partial charge is 0.0864 e. The van der Waals surface area contributed by atoms with Gasteiger partial charge in [0.25, 0.3) is 0 Å². The first kappa shape index (κ1) is 13.4. The Morgan fingerprint density at radius 3 is 2.72 bits per heavy atom. The number of aliphatic hydroxyl groups is 1. The van der Waals surface area contributed by atoms with E-state index >= 15 is 0 Å². The monoisotopic (exact) mass is 284 g/mol. The molecule has 0 bridgehead atoms. The molecule has 1 aromatic heterocycles. The third-order valence-corrected chi connectivity index (χ3v) is 3.44. The third kappa shape index (κ3) is 2.86. The van der Waals surface area contributed by atoms with Crippen molar-refractivity contribution < 1.29 is 5.11 Å². The minimum absolute atomic E-state index is 0.423. The molecule has 3 nitrogen and oxygen atoms in total. The standard InChI is InChI=1S/C13H14Cl2N2O/c1-8-11(7-17(2)16-8)13(18)6-9-5-10(14)3-4-12(9)15/h3-5,7,13,18H,6H2,1-2H3. The van der Waals surface area contributed by atoms with Crippen LogP contribution >= 0.6 is 23.2 Å². The van der Waals surface area contributed by atoms with E-state index in [2.05, 4.69) is 5.10 Å². The summed E-state index contributed by atoms with van der Waals surface area (Å²) in [6, 6.07) is 5.25. The molecule has 0 aliphatic heterocycles. The van der Waals surface area contributed by atoms with Crippen LogP contribution in [0, 0.1) is 6.92 Å². The Balaban J connectivity index is 2.23. The SMILES string of the molecule is Cc1nn(C)cc1C(O)Cc1cc(Cl)ccc1Cl. The normalized spacial score (nSPS) is 12.7. The average molecular weight is 285 g/mol. The van der Waals surface area contributed by atoms with Crippen molar-refractivity contribution in [3.8, 4) is 0 Å². The molecule has 1 N–H and O–H groups in total. The fourth-order valence-electron chi connectivity index (χ4n) is 1.96. The molecule has 18 heavy (non-hydrogen) atoms. The predicted octanol–water partition coefficient (Wildman–Crippen LogP) is 3.31. The molecule has 0 saturated carbocycles. The second-order valence-electron chi connectivity index (χ2n) is 4.30. The Kier molecular flexibility index (Phi) is 3.95. The Morgan fingerprint density at radius 2 is 2.11 bits per heavy atom. The largest absolute Gasteiger partial charge is 0.388 e. The molecule has 2 aromatic rings. The number of halogens is 2. The number of rotatable bonds is 3. The lowest BCUT2D eigenvalue weighted by atomic mass is 10.0. The van der Waals surface area contributed by atoms with E-state index in [1.54, 1.807) is 22.9 Å². The number of aromatic nitrogens is 2. The van der Waals surface area contributed by atoms with Crippen LogP contribution in [0.1, 0.15) is 22.9 Å². The fourth-order valence-corrected chi connectivity index (χ4v) is 2.35. The predicted molar refractivity (Wildman–Crippen MR) is 73.1 cm³/mol. The van der Waals surface area contributed by atoms with Crippen LogP contribution in [0.15, 0.2) is 24.4 Å². The van der Waals surface area contributed by atoms with Crippen LogP contribution in [0.5, 0.6) is 0 Å². The summed E-state index contributed by atoms with van der Waals surface area (Å²) in [5.74, 6) is 0. The molecular formula is C13H14Cl2N2O. The van der Waals surface area contributed by atoms with Gasteiger partial charge in [-0.1, -0.05) is 23.2 Å². The molecular weight excluding hydrogens is 271 g/mol. The number of aryl methyl sites for hydroxylation is 2. The van der Waals surface area contributed by atoms with Gasteiger partial charge >= 0.3 is 0 Å². The highest BCUT2D eigenvalue weighted by molar-refractivity contribution is 6.33. The lowest BCUT2D eigenvalue weighted by Gasteiger charge is -2.11. The Labute approximate surface area is 116 Å². The minimum Gasteiger partial charge on any atom is -0.388 e.